The van der Waals surface area contributed by atoms with Crippen molar-refractivity contribution in [3.05, 3.63) is 35.4 Å². The number of hydrogen-bond acceptors (Lipinski definition) is 3. The van der Waals surface area contributed by atoms with Gasteiger partial charge in [-0.05, 0) is 32.4 Å². The Hall–Kier alpha value is -1.39. The minimum Gasteiger partial charge on any atom is -0.373 e. The van der Waals surface area contributed by atoms with E-state index in [0.717, 1.165) is 38.1 Å². The minimum atomic E-state index is -0.108. The standard InChI is InChI=1S/C17H26N2O2/c1-13-6-8-14(9-7-13)16-15(5-4-12-21-16)17(20)19(3)11-10-18-2/h6-9,15-16,18H,4-5,10-12H2,1-3H3. The van der Waals surface area contributed by atoms with Crippen LogP contribution in [0.1, 0.15) is 30.1 Å². The Labute approximate surface area is 127 Å². The maximum absolute atomic E-state index is 12.7. The lowest BCUT2D eigenvalue weighted by Crippen LogP contribution is -2.41. The first-order chi connectivity index (χ1) is 10.1. The summed E-state index contributed by atoms with van der Waals surface area (Å²) < 4.78 is 5.93. The number of likely N-dealkylation sites (N-methyl/N-ethyl adjacent to an activating group) is 2. The molecule has 1 aliphatic rings. The molecule has 1 aromatic carbocycles. The van der Waals surface area contributed by atoms with Gasteiger partial charge in [-0.15, -0.1) is 0 Å². The number of hydrogen-bond donors (Lipinski definition) is 1. The van der Waals surface area contributed by atoms with Crippen molar-refractivity contribution < 1.29 is 9.53 Å². The maximum atomic E-state index is 12.7. The van der Waals surface area contributed by atoms with Gasteiger partial charge in [0.2, 0.25) is 5.91 Å². The van der Waals surface area contributed by atoms with E-state index in [9.17, 15) is 4.79 Å². The molecule has 1 amide bonds. The van der Waals surface area contributed by atoms with E-state index in [2.05, 4.69) is 36.5 Å². The number of aryl methyl sites for hydroxylation is 1. The Kier molecular flexibility index (Phi) is 5.76. The second kappa shape index (κ2) is 7.57. The normalized spacial score (nSPS) is 22.0. The molecule has 0 aliphatic carbocycles. The molecular weight excluding hydrogens is 264 g/mol. The molecular formula is C17H26N2O2. The molecule has 0 spiro atoms. The van der Waals surface area contributed by atoms with Crippen LogP contribution in [0.2, 0.25) is 0 Å². The Morgan fingerprint density at radius 3 is 2.76 bits per heavy atom. The van der Waals surface area contributed by atoms with Crippen LogP contribution in [-0.4, -0.2) is 44.6 Å². The van der Waals surface area contributed by atoms with Gasteiger partial charge in [-0.3, -0.25) is 4.79 Å². The summed E-state index contributed by atoms with van der Waals surface area (Å²) in [5.41, 5.74) is 2.34. The number of ether oxygens (including phenoxy) is 1. The molecule has 2 atom stereocenters. The van der Waals surface area contributed by atoms with E-state index >= 15 is 0 Å². The molecule has 1 saturated heterocycles. The van der Waals surface area contributed by atoms with Crippen molar-refractivity contribution >= 4 is 5.91 Å². The summed E-state index contributed by atoms with van der Waals surface area (Å²) in [7, 11) is 3.78. The lowest BCUT2D eigenvalue weighted by atomic mass is 9.88. The zero-order valence-corrected chi connectivity index (χ0v) is 13.3. The molecule has 1 aromatic rings. The fraction of sp³-hybridized carbons (Fsp3) is 0.588. The van der Waals surface area contributed by atoms with Gasteiger partial charge in [0, 0.05) is 26.7 Å². The molecule has 116 valence electrons. The Morgan fingerprint density at radius 1 is 1.38 bits per heavy atom. The zero-order chi connectivity index (χ0) is 15.2. The summed E-state index contributed by atoms with van der Waals surface area (Å²) in [4.78, 5) is 14.5. The monoisotopic (exact) mass is 290 g/mol. The predicted octanol–water partition coefficient (Wildman–Crippen LogP) is 2.14. The van der Waals surface area contributed by atoms with E-state index in [1.54, 1.807) is 0 Å². The molecule has 1 heterocycles. The van der Waals surface area contributed by atoms with Gasteiger partial charge in [-0.1, -0.05) is 29.8 Å². The van der Waals surface area contributed by atoms with Crippen molar-refractivity contribution in [1.82, 2.24) is 10.2 Å². The van der Waals surface area contributed by atoms with Crippen LogP contribution in [0.15, 0.2) is 24.3 Å². The molecule has 0 bridgehead atoms. The highest BCUT2D eigenvalue weighted by Gasteiger charge is 2.34. The van der Waals surface area contributed by atoms with Gasteiger partial charge in [-0.2, -0.15) is 0 Å². The first-order valence-electron chi connectivity index (χ1n) is 7.71. The highest BCUT2D eigenvalue weighted by Crippen LogP contribution is 2.34. The molecule has 1 N–H and O–H groups in total. The minimum absolute atomic E-state index is 0.0664. The van der Waals surface area contributed by atoms with Crippen LogP contribution in [0.3, 0.4) is 0 Å². The lowest BCUT2D eigenvalue weighted by Gasteiger charge is -2.33. The molecule has 0 aromatic heterocycles. The fourth-order valence-electron chi connectivity index (χ4n) is 2.79. The van der Waals surface area contributed by atoms with Gasteiger partial charge in [0.25, 0.3) is 0 Å². The molecule has 4 nitrogen and oxygen atoms in total. The quantitative estimate of drug-likeness (QED) is 0.903. The topological polar surface area (TPSA) is 41.6 Å². The third-order valence-electron chi connectivity index (χ3n) is 4.12. The molecule has 1 aliphatic heterocycles. The van der Waals surface area contributed by atoms with Gasteiger partial charge < -0.3 is 15.0 Å². The average molecular weight is 290 g/mol. The first-order valence-corrected chi connectivity index (χ1v) is 7.71. The van der Waals surface area contributed by atoms with Crippen LogP contribution >= 0.6 is 0 Å². The van der Waals surface area contributed by atoms with Gasteiger partial charge >= 0.3 is 0 Å². The Morgan fingerprint density at radius 2 is 2.10 bits per heavy atom. The predicted molar refractivity (Wildman–Crippen MR) is 84.2 cm³/mol. The highest BCUT2D eigenvalue weighted by atomic mass is 16.5. The number of benzene rings is 1. The van der Waals surface area contributed by atoms with E-state index in [-0.39, 0.29) is 17.9 Å². The fourth-order valence-corrected chi connectivity index (χ4v) is 2.79. The number of nitrogens with one attached hydrogen (secondary N) is 1. The maximum Gasteiger partial charge on any atom is 0.228 e. The van der Waals surface area contributed by atoms with Crippen LogP contribution in [0.4, 0.5) is 0 Å². The van der Waals surface area contributed by atoms with Crippen LogP contribution in [0.25, 0.3) is 0 Å². The summed E-state index contributed by atoms with van der Waals surface area (Å²) in [5.74, 6) is 0.124. The van der Waals surface area contributed by atoms with Gasteiger partial charge in [0.05, 0.1) is 12.0 Å². The van der Waals surface area contributed by atoms with Gasteiger partial charge in [0.15, 0.2) is 0 Å². The number of nitrogens with zero attached hydrogens (tertiary/aromatic N) is 1. The van der Waals surface area contributed by atoms with Crippen molar-refractivity contribution in [3.63, 3.8) is 0 Å². The van der Waals surface area contributed by atoms with Crippen molar-refractivity contribution in [2.24, 2.45) is 5.92 Å². The molecule has 2 rings (SSSR count). The Balaban J connectivity index is 2.11. The average Bonchev–Trinajstić information content (AvgIpc) is 2.52. The van der Waals surface area contributed by atoms with E-state index in [0.29, 0.717) is 0 Å². The second-order valence-electron chi connectivity index (χ2n) is 5.81. The van der Waals surface area contributed by atoms with Crippen LogP contribution < -0.4 is 5.32 Å². The molecule has 21 heavy (non-hydrogen) atoms. The third kappa shape index (κ3) is 4.05. The summed E-state index contributed by atoms with van der Waals surface area (Å²) in [5, 5.41) is 3.08. The van der Waals surface area contributed by atoms with Crippen LogP contribution in [0.5, 0.6) is 0 Å². The van der Waals surface area contributed by atoms with Crippen molar-refractivity contribution in [3.8, 4) is 0 Å². The third-order valence-corrected chi connectivity index (χ3v) is 4.12. The van der Waals surface area contributed by atoms with Crippen LogP contribution in [-0.2, 0) is 9.53 Å². The van der Waals surface area contributed by atoms with E-state index in [4.69, 9.17) is 4.74 Å². The molecule has 2 unspecified atom stereocenters. The van der Waals surface area contributed by atoms with Crippen molar-refractivity contribution in [1.29, 1.82) is 0 Å². The van der Waals surface area contributed by atoms with Gasteiger partial charge in [-0.25, -0.2) is 0 Å². The molecule has 1 fully saturated rings. The number of carbonyl (C=O) groups is 1. The summed E-state index contributed by atoms with van der Waals surface area (Å²) in [6, 6.07) is 8.33. The molecule has 0 radical (unpaired) electrons. The van der Waals surface area contributed by atoms with Crippen LogP contribution in [0, 0.1) is 12.8 Å². The zero-order valence-electron chi connectivity index (χ0n) is 13.3. The smallest absolute Gasteiger partial charge is 0.228 e. The number of rotatable bonds is 5. The second-order valence-corrected chi connectivity index (χ2v) is 5.81. The summed E-state index contributed by atoms with van der Waals surface area (Å²) >= 11 is 0. The van der Waals surface area contributed by atoms with E-state index < -0.39 is 0 Å². The first kappa shape index (κ1) is 16.0. The van der Waals surface area contributed by atoms with Crippen molar-refractivity contribution in [2.45, 2.75) is 25.9 Å². The summed E-state index contributed by atoms with van der Waals surface area (Å²) in [6.45, 7) is 4.35. The van der Waals surface area contributed by atoms with E-state index in [1.165, 1.54) is 5.56 Å². The SMILES string of the molecule is CNCCN(C)C(=O)C1CCCOC1c1ccc(C)cc1. The number of carbonyl (C=O) groups excluding carboxylic acids is 1. The Bertz CT molecular complexity index is 458. The lowest BCUT2D eigenvalue weighted by molar-refractivity contribution is -0.144. The van der Waals surface area contributed by atoms with Gasteiger partial charge in [0.1, 0.15) is 0 Å². The number of amides is 1. The molecule has 0 saturated carbocycles. The van der Waals surface area contributed by atoms with Crippen molar-refractivity contribution in [2.75, 3.05) is 33.8 Å². The highest BCUT2D eigenvalue weighted by molar-refractivity contribution is 5.79. The molecule has 4 heteroatoms. The largest absolute Gasteiger partial charge is 0.373 e. The summed E-state index contributed by atoms with van der Waals surface area (Å²) in [6.07, 6.45) is 1.75. The van der Waals surface area contributed by atoms with E-state index in [1.807, 2.05) is 19.0 Å².